The molecular formula is C50H97NO10. The Hall–Kier alpha value is -1.15. The van der Waals surface area contributed by atoms with Crippen LogP contribution in [0.2, 0.25) is 0 Å². The number of amides is 1. The Balaban J connectivity index is 2.35. The Morgan fingerprint density at radius 3 is 1.48 bits per heavy atom. The van der Waals surface area contributed by atoms with E-state index in [0.717, 1.165) is 44.4 Å². The summed E-state index contributed by atoms with van der Waals surface area (Å²) in [6, 6.07) is -1.16. The van der Waals surface area contributed by atoms with Crippen LogP contribution in [0.5, 0.6) is 0 Å². The minimum Gasteiger partial charge on any atom is -0.394 e. The molecule has 9 atom stereocenters. The van der Waals surface area contributed by atoms with Gasteiger partial charge in [0, 0.05) is 0 Å². The second kappa shape index (κ2) is 39.2. The summed E-state index contributed by atoms with van der Waals surface area (Å²) in [5.41, 5.74) is 0. The molecule has 0 aromatic heterocycles. The van der Waals surface area contributed by atoms with Crippen LogP contribution in [0.1, 0.15) is 226 Å². The van der Waals surface area contributed by atoms with Crippen LogP contribution in [0, 0.1) is 5.92 Å². The van der Waals surface area contributed by atoms with Crippen LogP contribution in [0.15, 0.2) is 12.2 Å². The predicted octanol–water partition coefficient (Wildman–Crippen LogP) is 9.09. The Morgan fingerprint density at radius 1 is 0.590 bits per heavy atom. The lowest BCUT2D eigenvalue weighted by atomic mass is 9.98. The zero-order chi connectivity index (χ0) is 44.9. The van der Waals surface area contributed by atoms with E-state index in [1.54, 1.807) is 0 Å². The van der Waals surface area contributed by atoms with Crippen LogP contribution in [-0.4, -0.2) is 110 Å². The first-order valence-electron chi connectivity index (χ1n) is 25.4. The molecule has 362 valence electrons. The Morgan fingerprint density at radius 2 is 1.02 bits per heavy atom. The molecule has 0 aromatic carbocycles. The van der Waals surface area contributed by atoms with Crippen molar-refractivity contribution in [1.29, 1.82) is 0 Å². The summed E-state index contributed by atoms with van der Waals surface area (Å²) in [5, 5.41) is 75.8. The molecule has 1 aliphatic heterocycles. The molecule has 0 saturated carbocycles. The zero-order valence-corrected chi connectivity index (χ0v) is 39.3. The van der Waals surface area contributed by atoms with E-state index in [9.17, 15) is 40.5 Å². The Bertz CT molecular complexity index is 1010. The molecule has 1 fully saturated rings. The number of ether oxygens (including phenoxy) is 2. The molecule has 1 rings (SSSR count). The van der Waals surface area contributed by atoms with Gasteiger partial charge in [-0.25, -0.2) is 0 Å². The second-order valence-electron chi connectivity index (χ2n) is 18.7. The van der Waals surface area contributed by atoms with Crippen LogP contribution < -0.4 is 5.32 Å². The largest absolute Gasteiger partial charge is 0.394 e. The number of aliphatic hydroxyl groups is 7. The SMILES string of the molecule is CCCCCCCCC=CCCCCCCCCCCCCCCC(O)C(=O)NC(COC1OC(CO)C(O)C(O)C1O)C(O)C(O)CCCCCCCCCCCC(C)C. The van der Waals surface area contributed by atoms with E-state index < -0.39 is 74.2 Å². The summed E-state index contributed by atoms with van der Waals surface area (Å²) in [6.45, 7) is 5.74. The van der Waals surface area contributed by atoms with Crippen molar-refractivity contribution in [3.8, 4) is 0 Å². The summed E-state index contributed by atoms with van der Waals surface area (Å²) in [6.07, 6.45) is 29.9. The summed E-state index contributed by atoms with van der Waals surface area (Å²) < 4.78 is 11.1. The first-order valence-corrected chi connectivity index (χ1v) is 25.4. The molecule has 1 amide bonds. The molecule has 61 heavy (non-hydrogen) atoms. The smallest absolute Gasteiger partial charge is 0.249 e. The van der Waals surface area contributed by atoms with Gasteiger partial charge >= 0.3 is 0 Å². The van der Waals surface area contributed by atoms with E-state index in [1.165, 1.54) is 141 Å². The van der Waals surface area contributed by atoms with Crippen molar-refractivity contribution in [3.63, 3.8) is 0 Å². The third-order valence-electron chi connectivity index (χ3n) is 12.5. The summed E-state index contributed by atoms with van der Waals surface area (Å²) in [7, 11) is 0. The van der Waals surface area contributed by atoms with Gasteiger partial charge < -0.3 is 50.5 Å². The third-order valence-corrected chi connectivity index (χ3v) is 12.5. The number of aliphatic hydroxyl groups excluding tert-OH is 7. The van der Waals surface area contributed by atoms with Crippen molar-refractivity contribution in [2.24, 2.45) is 5.92 Å². The highest BCUT2D eigenvalue weighted by molar-refractivity contribution is 5.80. The van der Waals surface area contributed by atoms with Crippen molar-refractivity contribution in [2.75, 3.05) is 13.2 Å². The first kappa shape index (κ1) is 57.9. The number of carbonyl (C=O) groups is 1. The van der Waals surface area contributed by atoms with E-state index in [0.29, 0.717) is 19.3 Å². The van der Waals surface area contributed by atoms with Gasteiger partial charge in [0.1, 0.15) is 36.6 Å². The highest BCUT2D eigenvalue weighted by Gasteiger charge is 2.44. The average molecular weight is 872 g/mol. The number of rotatable bonds is 42. The van der Waals surface area contributed by atoms with E-state index in [2.05, 4.69) is 38.2 Å². The van der Waals surface area contributed by atoms with Crippen LogP contribution in [0.4, 0.5) is 0 Å². The Labute approximate surface area is 372 Å². The quantitative estimate of drug-likeness (QED) is 0.0217. The minimum absolute atomic E-state index is 0.262. The van der Waals surface area contributed by atoms with Gasteiger partial charge in [-0.2, -0.15) is 0 Å². The normalized spacial score (nSPS) is 21.6. The van der Waals surface area contributed by atoms with Gasteiger partial charge in [-0.1, -0.05) is 200 Å². The molecule has 1 saturated heterocycles. The first-order chi connectivity index (χ1) is 29.5. The molecule has 0 radical (unpaired) electrons. The maximum Gasteiger partial charge on any atom is 0.249 e. The van der Waals surface area contributed by atoms with Crippen LogP contribution >= 0.6 is 0 Å². The van der Waals surface area contributed by atoms with Gasteiger partial charge in [-0.05, 0) is 44.4 Å². The lowest BCUT2D eigenvalue weighted by molar-refractivity contribution is -0.303. The minimum atomic E-state index is -1.66. The molecule has 1 heterocycles. The summed E-state index contributed by atoms with van der Waals surface area (Å²) in [5.74, 6) is 0.0664. The van der Waals surface area contributed by atoms with Gasteiger partial charge in [0.15, 0.2) is 6.29 Å². The number of allylic oxidation sites excluding steroid dienone is 2. The highest BCUT2D eigenvalue weighted by Crippen LogP contribution is 2.23. The summed E-state index contributed by atoms with van der Waals surface area (Å²) >= 11 is 0. The second-order valence-corrected chi connectivity index (χ2v) is 18.7. The van der Waals surface area contributed by atoms with Gasteiger partial charge in [0.25, 0.3) is 0 Å². The lowest BCUT2D eigenvalue weighted by Gasteiger charge is -2.40. The zero-order valence-electron chi connectivity index (χ0n) is 39.3. The molecule has 0 spiro atoms. The van der Waals surface area contributed by atoms with E-state index in [1.807, 2.05) is 0 Å². The van der Waals surface area contributed by atoms with Gasteiger partial charge in [-0.3, -0.25) is 4.79 Å². The van der Waals surface area contributed by atoms with Crippen molar-refractivity contribution in [3.05, 3.63) is 12.2 Å². The average Bonchev–Trinajstić information content (AvgIpc) is 3.25. The molecule has 11 nitrogen and oxygen atoms in total. The molecule has 1 aliphatic rings. The fourth-order valence-electron chi connectivity index (χ4n) is 8.27. The lowest BCUT2D eigenvalue weighted by Crippen LogP contribution is -2.60. The molecule has 11 heteroatoms. The number of nitrogens with one attached hydrogen (secondary N) is 1. The molecular weight excluding hydrogens is 775 g/mol. The number of carbonyl (C=O) groups excluding carboxylic acids is 1. The number of unbranched alkanes of at least 4 members (excludes halogenated alkanes) is 26. The van der Waals surface area contributed by atoms with Crippen LogP contribution in [0.3, 0.4) is 0 Å². The van der Waals surface area contributed by atoms with Crippen molar-refractivity contribution >= 4 is 5.91 Å². The molecule has 0 aromatic rings. The van der Waals surface area contributed by atoms with Gasteiger partial charge in [0.2, 0.25) is 5.91 Å². The molecule has 0 aliphatic carbocycles. The van der Waals surface area contributed by atoms with Gasteiger partial charge in [0.05, 0.1) is 25.4 Å². The molecule has 0 bridgehead atoms. The predicted molar refractivity (Wildman–Crippen MR) is 247 cm³/mol. The monoisotopic (exact) mass is 872 g/mol. The van der Waals surface area contributed by atoms with Crippen molar-refractivity contribution in [1.82, 2.24) is 5.32 Å². The molecule has 8 N–H and O–H groups in total. The highest BCUT2D eigenvalue weighted by atomic mass is 16.7. The Kier molecular flexibility index (Phi) is 37.2. The van der Waals surface area contributed by atoms with E-state index in [-0.39, 0.29) is 6.42 Å². The van der Waals surface area contributed by atoms with Crippen molar-refractivity contribution < 1.29 is 50.0 Å². The van der Waals surface area contributed by atoms with Gasteiger partial charge in [-0.15, -0.1) is 0 Å². The van der Waals surface area contributed by atoms with Crippen LogP contribution in [-0.2, 0) is 14.3 Å². The maximum atomic E-state index is 13.1. The van der Waals surface area contributed by atoms with E-state index in [4.69, 9.17) is 9.47 Å². The number of hydrogen-bond donors (Lipinski definition) is 8. The summed E-state index contributed by atoms with van der Waals surface area (Å²) in [4.78, 5) is 13.1. The van der Waals surface area contributed by atoms with E-state index >= 15 is 0 Å². The topological polar surface area (TPSA) is 189 Å². The van der Waals surface area contributed by atoms with Crippen LogP contribution in [0.25, 0.3) is 0 Å². The third kappa shape index (κ3) is 29.8. The number of hydrogen-bond acceptors (Lipinski definition) is 10. The fraction of sp³-hybridized carbons (Fsp3) is 0.940. The standard InChI is InChI=1S/C50H97NO10/c1-4-5-6-7-8-9-10-11-12-13-14-15-16-17-18-19-20-21-24-28-31-34-37-43(54)49(59)51-41(39-60-50-48(58)47(57)46(56)44(38-52)61-50)45(55)42(53)36-33-30-27-25-22-23-26-29-32-35-40(2)3/h11-12,40-48,50,52-58H,4-10,13-39H2,1-3H3,(H,51,59). The molecule has 9 unspecified atom stereocenters. The maximum absolute atomic E-state index is 13.1. The van der Waals surface area contributed by atoms with Crippen molar-refractivity contribution in [2.45, 2.75) is 281 Å². The fourth-order valence-corrected chi connectivity index (χ4v) is 8.27.